The summed E-state index contributed by atoms with van der Waals surface area (Å²) in [6.45, 7) is 0. The van der Waals surface area contributed by atoms with Crippen LogP contribution in [0.2, 0.25) is 0 Å². The second-order valence-corrected chi connectivity index (χ2v) is 17.2. The Balaban J connectivity index is 0.982. The van der Waals surface area contributed by atoms with E-state index >= 15 is 0 Å². The minimum Gasteiger partial charge on any atom is -0.309 e. The summed E-state index contributed by atoms with van der Waals surface area (Å²) >= 11 is 0. The molecule has 0 spiro atoms. The van der Waals surface area contributed by atoms with Gasteiger partial charge in [-0.3, -0.25) is 0 Å². The predicted octanol–water partition coefficient (Wildman–Crippen LogP) is 16.4. The summed E-state index contributed by atoms with van der Waals surface area (Å²) in [7, 11) is 0. The van der Waals surface area contributed by atoms with Gasteiger partial charge in [0.15, 0.2) is 17.5 Å². The van der Waals surface area contributed by atoms with Crippen LogP contribution in [0.1, 0.15) is 0 Å². The van der Waals surface area contributed by atoms with Gasteiger partial charge in [0.25, 0.3) is 0 Å². The Morgan fingerprint density at radius 2 is 0.821 bits per heavy atom. The average molecular weight is 853 g/mol. The van der Waals surface area contributed by atoms with Crippen molar-refractivity contribution in [2.45, 2.75) is 0 Å². The fourth-order valence-electron chi connectivity index (χ4n) is 10.1. The van der Waals surface area contributed by atoms with Crippen molar-refractivity contribution >= 4 is 54.1 Å². The van der Waals surface area contributed by atoms with Crippen molar-refractivity contribution in [1.29, 1.82) is 0 Å². The highest BCUT2D eigenvalue weighted by Crippen LogP contribution is 2.41. The van der Waals surface area contributed by atoms with E-state index < -0.39 is 0 Å². The average Bonchev–Trinajstić information content (AvgIpc) is 3.74. The van der Waals surface area contributed by atoms with Crippen molar-refractivity contribution in [1.82, 2.24) is 19.5 Å². The smallest absolute Gasteiger partial charge is 0.164 e. The molecule has 0 saturated carbocycles. The molecular weight excluding hydrogens is 813 g/mol. The largest absolute Gasteiger partial charge is 0.309 e. The summed E-state index contributed by atoms with van der Waals surface area (Å²) < 4.78 is 2.36. The lowest BCUT2D eigenvalue weighted by Gasteiger charge is -2.15. The second-order valence-electron chi connectivity index (χ2n) is 17.2. The maximum atomic E-state index is 5.34. The molecule has 13 rings (SSSR count). The zero-order valence-electron chi connectivity index (χ0n) is 36.4. The topological polar surface area (TPSA) is 43.6 Å². The molecule has 0 amide bonds. The van der Waals surface area contributed by atoms with Gasteiger partial charge < -0.3 is 4.57 Å². The first-order chi connectivity index (χ1) is 33.2. The third kappa shape index (κ3) is 6.65. The van der Waals surface area contributed by atoms with Gasteiger partial charge in [0.05, 0.1) is 11.0 Å². The maximum Gasteiger partial charge on any atom is 0.164 e. The van der Waals surface area contributed by atoms with Crippen molar-refractivity contribution in [3.8, 4) is 73.2 Å². The quantitative estimate of drug-likeness (QED) is 0.118. The fourth-order valence-corrected chi connectivity index (χ4v) is 10.1. The molecule has 4 heteroatoms. The van der Waals surface area contributed by atoms with E-state index in [2.05, 4.69) is 241 Å². The first kappa shape index (κ1) is 38.5. The van der Waals surface area contributed by atoms with Crippen LogP contribution in [0.5, 0.6) is 0 Å². The van der Waals surface area contributed by atoms with Gasteiger partial charge in [-0.1, -0.05) is 206 Å². The predicted molar refractivity (Wildman–Crippen MR) is 279 cm³/mol. The van der Waals surface area contributed by atoms with E-state index in [0.717, 1.165) is 55.7 Å². The SMILES string of the molecule is c1ccc(-c2cccc(-c3nc(-c4ccc(-c5c6ccccc6cc6c5ccc5ccccc56)cc4)nc(-c4ccccc4-c4ccc5c6ccccc6n(-c6ccccc6)c5c4)n3)c2)cc1. The Bertz CT molecular complexity index is 4020. The molecule has 0 saturated heterocycles. The van der Waals surface area contributed by atoms with Crippen molar-refractivity contribution in [2.75, 3.05) is 0 Å². The maximum absolute atomic E-state index is 5.34. The second kappa shape index (κ2) is 15.9. The standard InChI is InChI=1S/C63H40N4/c1-3-16-41(17-4-1)45-20-15-21-48(38-45)62-64-61(44-32-30-43(31-33-44)60-52-26-10-8-19-46(52)39-57-50-24-9-7-18-42(50)34-37-55(57)60)65-63(66-62)56-28-12-11-25-51(56)47-35-36-54-53-27-13-14-29-58(53)67(59(54)40-47)49-22-5-2-6-23-49/h1-40H. The van der Waals surface area contributed by atoms with Gasteiger partial charge in [0.2, 0.25) is 0 Å². The third-order valence-corrected chi connectivity index (χ3v) is 13.2. The molecule has 2 aromatic heterocycles. The molecule has 67 heavy (non-hydrogen) atoms. The summed E-state index contributed by atoms with van der Waals surface area (Å²) in [6.07, 6.45) is 0. The van der Waals surface area contributed by atoms with E-state index in [9.17, 15) is 0 Å². The summed E-state index contributed by atoms with van der Waals surface area (Å²) in [5.41, 5.74) is 12.9. The molecule has 0 unspecified atom stereocenters. The summed E-state index contributed by atoms with van der Waals surface area (Å²) in [6, 6.07) is 86.5. The summed E-state index contributed by atoms with van der Waals surface area (Å²) in [5, 5.41) is 9.83. The minimum atomic E-state index is 0.611. The van der Waals surface area contributed by atoms with Crippen molar-refractivity contribution in [2.24, 2.45) is 0 Å². The monoisotopic (exact) mass is 852 g/mol. The van der Waals surface area contributed by atoms with Crippen LogP contribution in [0.3, 0.4) is 0 Å². The molecule has 0 aliphatic rings. The van der Waals surface area contributed by atoms with Gasteiger partial charge in [0.1, 0.15) is 0 Å². The Kier molecular flexibility index (Phi) is 9.14. The van der Waals surface area contributed by atoms with Crippen LogP contribution >= 0.6 is 0 Å². The Morgan fingerprint density at radius 1 is 0.254 bits per heavy atom. The van der Waals surface area contributed by atoms with E-state index in [1.165, 1.54) is 54.2 Å². The molecule has 0 bridgehead atoms. The number of fused-ring (bicyclic) bond motifs is 7. The number of hydrogen-bond donors (Lipinski definition) is 0. The van der Waals surface area contributed by atoms with Gasteiger partial charge in [-0.15, -0.1) is 0 Å². The van der Waals surface area contributed by atoms with Crippen LogP contribution in [-0.4, -0.2) is 19.5 Å². The Morgan fingerprint density at radius 3 is 1.64 bits per heavy atom. The first-order valence-corrected chi connectivity index (χ1v) is 22.8. The molecule has 0 N–H and O–H groups in total. The van der Waals surface area contributed by atoms with Gasteiger partial charge in [-0.2, -0.15) is 0 Å². The zero-order valence-corrected chi connectivity index (χ0v) is 36.4. The minimum absolute atomic E-state index is 0.611. The summed E-state index contributed by atoms with van der Waals surface area (Å²) in [5.74, 6) is 1.84. The molecule has 2 heterocycles. The number of nitrogens with zero attached hydrogens (tertiary/aromatic N) is 4. The third-order valence-electron chi connectivity index (χ3n) is 13.2. The lowest BCUT2D eigenvalue weighted by atomic mass is 9.89. The van der Waals surface area contributed by atoms with Crippen molar-refractivity contribution < 1.29 is 0 Å². The zero-order chi connectivity index (χ0) is 44.3. The molecule has 13 aromatic rings. The number of benzene rings is 11. The molecular formula is C63H40N4. The van der Waals surface area contributed by atoms with Gasteiger partial charge in [-0.25, -0.2) is 15.0 Å². The lowest BCUT2D eigenvalue weighted by Crippen LogP contribution is -2.01. The first-order valence-electron chi connectivity index (χ1n) is 22.8. The normalized spacial score (nSPS) is 11.6. The van der Waals surface area contributed by atoms with Crippen LogP contribution in [-0.2, 0) is 0 Å². The molecule has 0 aliphatic carbocycles. The molecule has 11 aromatic carbocycles. The molecule has 0 aliphatic heterocycles. The van der Waals surface area contributed by atoms with E-state index in [0.29, 0.717) is 17.5 Å². The van der Waals surface area contributed by atoms with E-state index in [-0.39, 0.29) is 0 Å². The highest BCUT2D eigenvalue weighted by Gasteiger charge is 2.19. The van der Waals surface area contributed by atoms with Gasteiger partial charge in [0, 0.05) is 33.2 Å². The lowest BCUT2D eigenvalue weighted by molar-refractivity contribution is 1.07. The Hall–Kier alpha value is -8.99. The van der Waals surface area contributed by atoms with Crippen molar-refractivity contribution in [3.05, 3.63) is 243 Å². The van der Waals surface area contributed by atoms with Crippen LogP contribution in [0.4, 0.5) is 0 Å². The van der Waals surface area contributed by atoms with Gasteiger partial charge >= 0.3 is 0 Å². The fraction of sp³-hybridized carbons (Fsp3) is 0. The Labute approximate surface area is 387 Å². The van der Waals surface area contributed by atoms with Crippen molar-refractivity contribution in [3.63, 3.8) is 0 Å². The van der Waals surface area contributed by atoms with Crippen LogP contribution in [0.25, 0.3) is 127 Å². The van der Waals surface area contributed by atoms with E-state index in [4.69, 9.17) is 15.0 Å². The van der Waals surface area contributed by atoms with Gasteiger partial charge in [-0.05, 0) is 102 Å². The number of hydrogen-bond acceptors (Lipinski definition) is 3. The molecule has 4 nitrogen and oxygen atoms in total. The number of aromatic nitrogens is 4. The van der Waals surface area contributed by atoms with E-state index in [1.807, 2.05) is 6.07 Å². The molecule has 0 radical (unpaired) electrons. The highest BCUT2D eigenvalue weighted by molar-refractivity contribution is 6.20. The number of rotatable bonds is 7. The van der Waals surface area contributed by atoms with Crippen LogP contribution < -0.4 is 0 Å². The summed E-state index contributed by atoms with van der Waals surface area (Å²) in [4.78, 5) is 15.9. The van der Waals surface area contributed by atoms with Crippen LogP contribution in [0.15, 0.2) is 243 Å². The molecule has 0 fully saturated rings. The van der Waals surface area contributed by atoms with Crippen LogP contribution in [0, 0.1) is 0 Å². The van der Waals surface area contributed by atoms with E-state index in [1.54, 1.807) is 0 Å². The molecule has 0 atom stereocenters. The number of para-hydroxylation sites is 2. The highest BCUT2D eigenvalue weighted by atomic mass is 15.0. The molecule has 312 valence electrons.